The smallest absolute Gasteiger partial charge is 0.408 e. The first kappa shape index (κ1) is 16.9. The molecule has 0 heterocycles. The van der Waals surface area contributed by atoms with Gasteiger partial charge in [0.05, 0.1) is 12.5 Å². The highest BCUT2D eigenvalue weighted by atomic mass is 19.2. The van der Waals surface area contributed by atoms with Gasteiger partial charge in [-0.2, -0.15) is 0 Å². The van der Waals surface area contributed by atoms with Crippen molar-refractivity contribution in [2.24, 2.45) is 0 Å². The number of carboxylic acids is 1. The summed E-state index contributed by atoms with van der Waals surface area (Å²) in [4.78, 5) is 22.5. The summed E-state index contributed by atoms with van der Waals surface area (Å²) in [7, 11) is 0. The third kappa shape index (κ3) is 5.76. The van der Waals surface area contributed by atoms with Crippen LogP contribution in [0.4, 0.5) is 13.6 Å². The molecular formula is C14H17F2NO4. The Bertz CT molecular complexity index is 540. The highest BCUT2D eigenvalue weighted by Crippen LogP contribution is 2.20. The molecule has 0 aliphatic rings. The van der Waals surface area contributed by atoms with Gasteiger partial charge in [-0.05, 0) is 38.5 Å². The fraction of sp³-hybridized carbons (Fsp3) is 0.429. The van der Waals surface area contributed by atoms with Gasteiger partial charge in [-0.3, -0.25) is 4.79 Å². The van der Waals surface area contributed by atoms with Crippen LogP contribution in [0.2, 0.25) is 0 Å². The van der Waals surface area contributed by atoms with Crippen molar-refractivity contribution in [3.05, 3.63) is 35.4 Å². The van der Waals surface area contributed by atoms with E-state index in [4.69, 9.17) is 9.84 Å². The number of rotatable bonds is 4. The van der Waals surface area contributed by atoms with Crippen LogP contribution in [-0.4, -0.2) is 22.8 Å². The molecule has 0 spiro atoms. The summed E-state index contributed by atoms with van der Waals surface area (Å²) in [6, 6.07) is 1.91. The zero-order chi connectivity index (χ0) is 16.2. The first-order valence-electron chi connectivity index (χ1n) is 6.25. The number of alkyl carbamates (subject to hydrolysis) is 1. The van der Waals surface area contributed by atoms with E-state index in [1.165, 1.54) is 6.07 Å². The van der Waals surface area contributed by atoms with Gasteiger partial charge in [-0.1, -0.05) is 6.07 Å². The van der Waals surface area contributed by atoms with E-state index in [-0.39, 0.29) is 5.56 Å². The number of hydrogen-bond donors (Lipinski definition) is 2. The largest absolute Gasteiger partial charge is 0.481 e. The summed E-state index contributed by atoms with van der Waals surface area (Å²) in [5.41, 5.74) is -0.617. The fourth-order valence-corrected chi connectivity index (χ4v) is 1.61. The van der Waals surface area contributed by atoms with E-state index in [0.717, 1.165) is 12.1 Å². The SMILES string of the molecule is CC(C)(C)OC(=O)NC(CC(=O)O)c1ccc(F)c(F)c1. The molecule has 5 nitrogen and oxygen atoms in total. The molecule has 0 radical (unpaired) electrons. The Labute approximate surface area is 120 Å². The zero-order valence-electron chi connectivity index (χ0n) is 11.9. The van der Waals surface area contributed by atoms with E-state index >= 15 is 0 Å². The lowest BCUT2D eigenvalue weighted by Crippen LogP contribution is -2.35. The van der Waals surface area contributed by atoms with E-state index in [0.29, 0.717) is 0 Å². The summed E-state index contributed by atoms with van der Waals surface area (Å²) >= 11 is 0. The van der Waals surface area contributed by atoms with Gasteiger partial charge in [0, 0.05) is 0 Å². The second-order valence-corrected chi connectivity index (χ2v) is 5.47. The lowest BCUT2D eigenvalue weighted by molar-refractivity contribution is -0.137. The Morgan fingerprint density at radius 2 is 1.90 bits per heavy atom. The van der Waals surface area contributed by atoms with Crippen molar-refractivity contribution < 1.29 is 28.2 Å². The van der Waals surface area contributed by atoms with Crippen molar-refractivity contribution in [1.82, 2.24) is 5.32 Å². The molecule has 0 saturated heterocycles. The molecule has 1 aromatic carbocycles. The van der Waals surface area contributed by atoms with Crippen molar-refractivity contribution in [3.8, 4) is 0 Å². The van der Waals surface area contributed by atoms with Crippen LogP contribution in [0.25, 0.3) is 0 Å². The van der Waals surface area contributed by atoms with Crippen LogP contribution in [0.15, 0.2) is 18.2 Å². The molecule has 0 aliphatic carbocycles. The normalized spacial score (nSPS) is 12.6. The van der Waals surface area contributed by atoms with Crippen LogP contribution >= 0.6 is 0 Å². The third-order valence-corrected chi connectivity index (χ3v) is 2.42. The molecule has 0 fully saturated rings. The summed E-state index contributed by atoms with van der Waals surface area (Å²) < 4.78 is 31.1. The average molecular weight is 301 g/mol. The second-order valence-electron chi connectivity index (χ2n) is 5.47. The number of halogens is 2. The number of hydrogen-bond acceptors (Lipinski definition) is 3. The molecule has 0 saturated carbocycles. The number of carbonyl (C=O) groups excluding carboxylic acids is 1. The van der Waals surface area contributed by atoms with Crippen LogP contribution in [0.3, 0.4) is 0 Å². The Hall–Kier alpha value is -2.18. The first-order valence-corrected chi connectivity index (χ1v) is 6.25. The number of benzene rings is 1. The highest BCUT2D eigenvalue weighted by Gasteiger charge is 2.23. The molecule has 0 aliphatic heterocycles. The van der Waals surface area contributed by atoms with Crippen LogP contribution in [0.1, 0.15) is 38.8 Å². The minimum Gasteiger partial charge on any atom is -0.481 e. The first-order chi connectivity index (χ1) is 9.58. The summed E-state index contributed by atoms with van der Waals surface area (Å²) in [5, 5.41) is 11.2. The molecule has 116 valence electrons. The number of ether oxygens (including phenoxy) is 1. The molecule has 2 N–H and O–H groups in total. The van der Waals surface area contributed by atoms with Gasteiger partial charge < -0.3 is 15.2 Å². The van der Waals surface area contributed by atoms with Crippen molar-refractivity contribution in [1.29, 1.82) is 0 Å². The molecule has 7 heteroatoms. The molecular weight excluding hydrogens is 284 g/mol. The van der Waals surface area contributed by atoms with Gasteiger partial charge in [-0.25, -0.2) is 13.6 Å². The highest BCUT2D eigenvalue weighted by molar-refractivity contribution is 5.72. The Balaban J connectivity index is 2.92. The molecule has 1 amide bonds. The van der Waals surface area contributed by atoms with Crippen LogP contribution in [0, 0.1) is 11.6 Å². The molecule has 1 rings (SSSR count). The number of carboxylic acid groups (broad SMARTS) is 1. The van der Waals surface area contributed by atoms with Gasteiger partial charge in [0.15, 0.2) is 11.6 Å². The predicted octanol–water partition coefficient (Wildman–Crippen LogP) is 3.01. The molecule has 0 bridgehead atoms. The van der Waals surface area contributed by atoms with E-state index in [2.05, 4.69) is 5.32 Å². The number of amides is 1. The van der Waals surface area contributed by atoms with Gasteiger partial charge in [-0.15, -0.1) is 0 Å². The van der Waals surface area contributed by atoms with E-state index in [1.54, 1.807) is 20.8 Å². The molecule has 1 atom stereocenters. The number of nitrogens with one attached hydrogen (secondary N) is 1. The molecule has 1 aromatic rings. The molecule has 1 unspecified atom stereocenters. The van der Waals surface area contributed by atoms with Crippen LogP contribution in [-0.2, 0) is 9.53 Å². The minimum atomic E-state index is -1.19. The Morgan fingerprint density at radius 1 is 1.29 bits per heavy atom. The van der Waals surface area contributed by atoms with E-state index in [1.807, 2.05) is 0 Å². The lowest BCUT2D eigenvalue weighted by Gasteiger charge is -2.23. The minimum absolute atomic E-state index is 0.141. The zero-order valence-corrected chi connectivity index (χ0v) is 11.9. The van der Waals surface area contributed by atoms with Crippen molar-refractivity contribution in [3.63, 3.8) is 0 Å². The van der Waals surface area contributed by atoms with Gasteiger partial charge in [0.25, 0.3) is 0 Å². The van der Waals surface area contributed by atoms with Crippen LogP contribution in [0.5, 0.6) is 0 Å². The Kier molecular flexibility index (Phi) is 5.23. The van der Waals surface area contributed by atoms with Gasteiger partial charge in [0.1, 0.15) is 5.60 Å². The third-order valence-electron chi connectivity index (χ3n) is 2.42. The topological polar surface area (TPSA) is 75.6 Å². The summed E-state index contributed by atoms with van der Waals surface area (Å²) in [6.45, 7) is 4.95. The number of aliphatic carboxylic acids is 1. The van der Waals surface area contributed by atoms with E-state index in [9.17, 15) is 18.4 Å². The predicted molar refractivity (Wildman–Crippen MR) is 70.7 cm³/mol. The quantitative estimate of drug-likeness (QED) is 0.896. The fourth-order valence-electron chi connectivity index (χ4n) is 1.61. The summed E-state index contributed by atoms with van der Waals surface area (Å²) in [6.07, 6.45) is -1.32. The van der Waals surface area contributed by atoms with E-state index < -0.39 is 41.8 Å². The number of carbonyl (C=O) groups is 2. The maximum Gasteiger partial charge on any atom is 0.408 e. The van der Waals surface area contributed by atoms with Crippen molar-refractivity contribution in [2.75, 3.05) is 0 Å². The average Bonchev–Trinajstić information content (AvgIpc) is 2.28. The van der Waals surface area contributed by atoms with Gasteiger partial charge in [0.2, 0.25) is 0 Å². The van der Waals surface area contributed by atoms with Crippen LogP contribution < -0.4 is 5.32 Å². The lowest BCUT2D eigenvalue weighted by atomic mass is 10.0. The molecule has 0 aromatic heterocycles. The monoisotopic (exact) mass is 301 g/mol. The molecule has 21 heavy (non-hydrogen) atoms. The standard InChI is InChI=1S/C14H17F2NO4/c1-14(2,3)21-13(20)17-11(7-12(18)19)8-4-5-9(15)10(16)6-8/h4-6,11H,7H2,1-3H3,(H,17,20)(H,18,19). The second kappa shape index (κ2) is 6.51. The maximum atomic E-state index is 13.2. The Morgan fingerprint density at radius 3 is 2.38 bits per heavy atom. The van der Waals surface area contributed by atoms with Crippen molar-refractivity contribution >= 4 is 12.1 Å². The summed E-state index contributed by atoms with van der Waals surface area (Å²) in [5.74, 6) is -3.36. The maximum absolute atomic E-state index is 13.2. The van der Waals surface area contributed by atoms with Gasteiger partial charge >= 0.3 is 12.1 Å². The van der Waals surface area contributed by atoms with Crippen molar-refractivity contribution in [2.45, 2.75) is 38.8 Å².